The van der Waals surface area contributed by atoms with Crippen molar-refractivity contribution in [2.24, 2.45) is 0 Å². The number of carbonyl (C=O) groups is 1. The third-order valence-corrected chi connectivity index (χ3v) is 4.66. The third-order valence-electron chi connectivity index (χ3n) is 4.66. The van der Waals surface area contributed by atoms with Crippen molar-refractivity contribution in [3.63, 3.8) is 0 Å². The summed E-state index contributed by atoms with van der Waals surface area (Å²) in [5.41, 5.74) is 2.86. The van der Waals surface area contributed by atoms with E-state index in [1.807, 2.05) is 91.0 Å². The number of carbonyl (C=O) groups excluding carboxylic acids is 1. The van der Waals surface area contributed by atoms with Gasteiger partial charge in [-0.25, -0.2) is 4.79 Å². The maximum atomic E-state index is 12.6. The Labute approximate surface area is 175 Å². The lowest BCUT2D eigenvalue weighted by molar-refractivity contribution is 0.237. The second-order valence-corrected chi connectivity index (χ2v) is 6.79. The number of benzene rings is 3. The standard InChI is InChI=1S/C24H22N4O2/c29-24(25-17-16-18-10-4-1-5-11-18)26-21(19-12-6-2-7-13-19)23-28-27-22(30-23)20-14-8-3-9-15-20/h1-15,21H,16-17H2,(H2,25,26,29)/t21-/m0/s1. The summed E-state index contributed by atoms with van der Waals surface area (Å²) in [5, 5.41) is 14.2. The van der Waals surface area contributed by atoms with E-state index in [1.54, 1.807) is 0 Å². The first-order valence-electron chi connectivity index (χ1n) is 9.81. The zero-order valence-corrected chi connectivity index (χ0v) is 16.4. The van der Waals surface area contributed by atoms with E-state index in [0.29, 0.717) is 18.3 Å². The fourth-order valence-corrected chi connectivity index (χ4v) is 3.13. The molecule has 2 N–H and O–H groups in total. The van der Waals surface area contributed by atoms with Crippen LogP contribution in [-0.4, -0.2) is 22.8 Å². The van der Waals surface area contributed by atoms with Crippen molar-refractivity contribution < 1.29 is 9.21 Å². The van der Waals surface area contributed by atoms with E-state index in [-0.39, 0.29) is 6.03 Å². The summed E-state index contributed by atoms with van der Waals surface area (Å²) in [4.78, 5) is 12.6. The third kappa shape index (κ3) is 4.91. The summed E-state index contributed by atoms with van der Waals surface area (Å²) in [6, 6.07) is 28.3. The second kappa shape index (κ2) is 9.52. The van der Waals surface area contributed by atoms with Crippen molar-refractivity contribution in [3.8, 4) is 11.5 Å². The van der Waals surface area contributed by atoms with Gasteiger partial charge < -0.3 is 15.1 Å². The average molecular weight is 398 g/mol. The molecule has 6 heteroatoms. The first-order valence-corrected chi connectivity index (χ1v) is 9.81. The summed E-state index contributed by atoms with van der Waals surface area (Å²) >= 11 is 0. The molecular weight excluding hydrogens is 376 g/mol. The van der Waals surface area contributed by atoms with Crippen LogP contribution < -0.4 is 10.6 Å². The Morgan fingerprint density at radius 3 is 2.17 bits per heavy atom. The fraction of sp³-hybridized carbons (Fsp3) is 0.125. The number of hydrogen-bond acceptors (Lipinski definition) is 4. The van der Waals surface area contributed by atoms with Crippen molar-refractivity contribution in [1.29, 1.82) is 0 Å². The Morgan fingerprint density at radius 1 is 0.833 bits per heavy atom. The van der Waals surface area contributed by atoms with Crippen LogP contribution in [0.5, 0.6) is 0 Å². The van der Waals surface area contributed by atoms with E-state index >= 15 is 0 Å². The maximum Gasteiger partial charge on any atom is 0.315 e. The van der Waals surface area contributed by atoms with Crippen molar-refractivity contribution in [2.75, 3.05) is 6.54 Å². The number of nitrogens with one attached hydrogen (secondary N) is 2. The molecule has 2 amide bonds. The van der Waals surface area contributed by atoms with Crippen LogP contribution in [0.1, 0.15) is 23.1 Å². The molecule has 0 spiro atoms. The first kappa shape index (κ1) is 19.4. The minimum atomic E-state index is -0.548. The van der Waals surface area contributed by atoms with Crippen LogP contribution in [0.25, 0.3) is 11.5 Å². The smallest absolute Gasteiger partial charge is 0.315 e. The van der Waals surface area contributed by atoms with Gasteiger partial charge in [0.25, 0.3) is 0 Å². The van der Waals surface area contributed by atoms with Gasteiger partial charge in [-0.1, -0.05) is 78.9 Å². The lowest BCUT2D eigenvalue weighted by Gasteiger charge is -2.16. The Bertz CT molecular complexity index is 1070. The van der Waals surface area contributed by atoms with Crippen LogP contribution in [-0.2, 0) is 6.42 Å². The second-order valence-electron chi connectivity index (χ2n) is 6.79. The normalized spacial score (nSPS) is 11.6. The predicted molar refractivity (Wildman–Crippen MR) is 115 cm³/mol. The molecule has 0 radical (unpaired) electrons. The SMILES string of the molecule is O=C(NCCc1ccccc1)N[C@@H](c1ccccc1)c1nnc(-c2ccccc2)o1. The van der Waals surface area contributed by atoms with Crippen LogP contribution in [0.4, 0.5) is 4.79 Å². The van der Waals surface area contributed by atoms with Gasteiger partial charge in [0.05, 0.1) is 0 Å². The van der Waals surface area contributed by atoms with Gasteiger partial charge in [0.1, 0.15) is 6.04 Å². The molecule has 6 nitrogen and oxygen atoms in total. The molecule has 1 heterocycles. The molecular formula is C24H22N4O2. The summed E-state index contributed by atoms with van der Waals surface area (Å²) in [6.07, 6.45) is 0.753. The van der Waals surface area contributed by atoms with Crippen LogP contribution in [0.15, 0.2) is 95.4 Å². The van der Waals surface area contributed by atoms with Gasteiger partial charge in [0, 0.05) is 12.1 Å². The zero-order chi connectivity index (χ0) is 20.6. The van der Waals surface area contributed by atoms with Crippen molar-refractivity contribution in [1.82, 2.24) is 20.8 Å². The lowest BCUT2D eigenvalue weighted by Crippen LogP contribution is -2.39. The van der Waals surface area contributed by atoms with Crippen molar-refractivity contribution in [2.45, 2.75) is 12.5 Å². The van der Waals surface area contributed by atoms with Gasteiger partial charge in [-0.2, -0.15) is 0 Å². The number of nitrogens with zero attached hydrogens (tertiary/aromatic N) is 2. The van der Waals surface area contributed by atoms with Crippen molar-refractivity contribution in [3.05, 3.63) is 108 Å². The van der Waals surface area contributed by atoms with E-state index in [4.69, 9.17) is 4.42 Å². The average Bonchev–Trinajstić information content (AvgIpc) is 3.29. The highest BCUT2D eigenvalue weighted by molar-refractivity contribution is 5.74. The van der Waals surface area contributed by atoms with E-state index in [2.05, 4.69) is 20.8 Å². The fourth-order valence-electron chi connectivity index (χ4n) is 3.13. The molecule has 150 valence electrons. The molecule has 30 heavy (non-hydrogen) atoms. The molecule has 1 aromatic heterocycles. The van der Waals surface area contributed by atoms with Gasteiger partial charge in [-0.3, -0.25) is 0 Å². The topological polar surface area (TPSA) is 80.0 Å². The number of amides is 2. The van der Waals surface area contributed by atoms with Gasteiger partial charge in [0.15, 0.2) is 0 Å². The number of urea groups is 1. The summed E-state index contributed by atoms with van der Waals surface area (Å²) in [5.74, 6) is 0.746. The molecule has 0 unspecified atom stereocenters. The van der Waals surface area contributed by atoms with Gasteiger partial charge in [-0.15, -0.1) is 10.2 Å². The largest absolute Gasteiger partial charge is 0.418 e. The van der Waals surface area contributed by atoms with Gasteiger partial charge >= 0.3 is 6.03 Å². The predicted octanol–water partition coefficient (Wildman–Crippen LogP) is 4.37. The molecule has 0 saturated heterocycles. The van der Waals surface area contributed by atoms with Crippen LogP contribution in [0.3, 0.4) is 0 Å². The molecule has 1 atom stereocenters. The Hall–Kier alpha value is -3.93. The molecule has 4 aromatic rings. The highest BCUT2D eigenvalue weighted by Gasteiger charge is 2.23. The Balaban J connectivity index is 1.47. The van der Waals surface area contributed by atoms with Crippen LogP contribution in [0.2, 0.25) is 0 Å². The van der Waals surface area contributed by atoms with E-state index in [9.17, 15) is 4.79 Å². The number of rotatable bonds is 7. The molecule has 0 aliphatic heterocycles. The first-order chi connectivity index (χ1) is 14.8. The van der Waals surface area contributed by atoms with Gasteiger partial charge in [-0.05, 0) is 29.7 Å². The molecule has 0 aliphatic rings. The zero-order valence-electron chi connectivity index (χ0n) is 16.4. The number of hydrogen-bond donors (Lipinski definition) is 2. The van der Waals surface area contributed by atoms with E-state index < -0.39 is 6.04 Å². The Kier molecular flexibility index (Phi) is 6.15. The van der Waals surface area contributed by atoms with E-state index in [1.165, 1.54) is 5.56 Å². The molecule has 0 fully saturated rings. The summed E-state index contributed by atoms with van der Waals surface area (Å²) < 4.78 is 5.90. The van der Waals surface area contributed by atoms with Crippen LogP contribution in [0, 0.1) is 0 Å². The summed E-state index contributed by atoms with van der Waals surface area (Å²) in [6.45, 7) is 0.524. The quantitative estimate of drug-likeness (QED) is 0.484. The maximum absolute atomic E-state index is 12.6. The molecule has 3 aromatic carbocycles. The van der Waals surface area contributed by atoms with E-state index in [0.717, 1.165) is 17.5 Å². The highest BCUT2D eigenvalue weighted by Crippen LogP contribution is 2.24. The molecule has 0 saturated carbocycles. The minimum Gasteiger partial charge on any atom is -0.418 e. The number of aromatic nitrogens is 2. The lowest BCUT2D eigenvalue weighted by atomic mass is 10.1. The Morgan fingerprint density at radius 2 is 1.47 bits per heavy atom. The molecule has 0 bridgehead atoms. The monoisotopic (exact) mass is 398 g/mol. The summed E-state index contributed by atoms with van der Waals surface area (Å²) in [7, 11) is 0. The highest BCUT2D eigenvalue weighted by atomic mass is 16.4. The van der Waals surface area contributed by atoms with Crippen molar-refractivity contribution >= 4 is 6.03 Å². The van der Waals surface area contributed by atoms with Gasteiger partial charge in [0.2, 0.25) is 11.8 Å². The molecule has 0 aliphatic carbocycles. The minimum absolute atomic E-state index is 0.292. The van der Waals surface area contributed by atoms with Crippen LogP contribution >= 0.6 is 0 Å². The molecule has 4 rings (SSSR count).